The van der Waals surface area contributed by atoms with Gasteiger partial charge >= 0.3 is 0 Å². The largest absolute Gasteiger partial charge is 0.369 e. The molecule has 2 nitrogen and oxygen atoms in total. The van der Waals surface area contributed by atoms with Crippen LogP contribution in [-0.2, 0) is 13.1 Å². The monoisotopic (exact) mass is 386 g/mol. The molecule has 1 aromatic heterocycles. The number of nitrogens with one attached hydrogen (secondary N) is 1. The van der Waals surface area contributed by atoms with Crippen molar-refractivity contribution in [2.75, 3.05) is 18.5 Å². The Balaban J connectivity index is 2.13. The summed E-state index contributed by atoms with van der Waals surface area (Å²) in [7, 11) is 2.11. The second-order valence-electron chi connectivity index (χ2n) is 5.04. The first-order chi connectivity index (χ1) is 10.1. The number of thiophene rings is 1. The average Bonchev–Trinajstić information content (AvgIpc) is 2.86. The Labute approximate surface area is 144 Å². The molecule has 0 aliphatic rings. The van der Waals surface area contributed by atoms with Crippen LogP contribution in [0.2, 0.25) is 5.02 Å². The Kier molecular flexibility index (Phi) is 6.55. The van der Waals surface area contributed by atoms with Gasteiger partial charge in [0.2, 0.25) is 0 Å². The SMILES string of the molecule is CCCNCc1ccc(Cl)cc1N(C)Cc1cc(Br)cs1. The molecule has 0 saturated carbocycles. The number of nitrogens with zero attached hydrogens (tertiary/aromatic N) is 1. The molecule has 1 N–H and O–H groups in total. The molecule has 0 bridgehead atoms. The Hall–Kier alpha value is -0.550. The van der Waals surface area contributed by atoms with Crippen LogP contribution in [-0.4, -0.2) is 13.6 Å². The Morgan fingerprint density at radius 3 is 2.81 bits per heavy atom. The van der Waals surface area contributed by atoms with Crippen molar-refractivity contribution in [2.45, 2.75) is 26.4 Å². The van der Waals surface area contributed by atoms with Gasteiger partial charge in [-0.15, -0.1) is 11.3 Å². The second-order valence-corrected chi connectivity index (χ2v) is 7.39. The van der Waals surface area contributed by atoms with Crippen molar-refractivity contribution in [1.82, 2.24) is 5.32 Å². The quantitative estimate of drug-likeness (QED) is 0.648. The Morgan fingerprint density at radius 1 is 1.33 bits per heavy atom. The third kappa shape index (κ3) is 4.99. The molecule has 0 atom stereocenters. The van der Waals surface area contributed by atoms with Crippen LogP contribution in [0.5, 0.6) is 0 Å². The number of hydrogen-bond donors (Lipinski definition) is 1. The molecule has 0 spiro atoms. The van der Waals surface area contributed by atoms with Gasteiger partial charge < -0.3 is 10.2 Å². The highest BCUT2D eigenvalue weighted by Gasteiger charge is 2.10. The minimum absolute atomic E-state index is 0.781. The first-order valence-electron chi connectivity index (χ1n) is 7.03. The van der Waals surface area contributed by atoms with Gasteiger partial charge in [0.1, 0.15) is 0 Å². The molecule has 0 fully saturated rings. The van der Waals surface area contributed by atoms with Crippen LogP contribution in [0, 0.1) is 0 Å². The topological polar surface area (TPSA) is 15.3 Å². The lowest BCUT2D eigenvalue weighted by molar-refractivity contribution is 0.674. The summed E-state index contributed by atoms with van der Waals surface area (Å²) >= 11 is 11.5. The van der Waals surface area contributed by atoms with E-state index >= 15 is 0 Å². The highest BCUT2D eigenvalue weighted by atomic mass is 79.9. The average molecular weight is 388 g/mol. The van der Waals surface area contributed by atoms with E-state index in [0.717, 1.165) is 35.6 Å². The van der Waals surface area contributed by atoms with Crippen LogP contribution in [0.15, 0.2) is 34.1 Å². The zero-order chi connectivity index (χ0) is 15.2. The van der Waals surface area contributed by atoms with Crippen molar-refractivity contribution < 1.29 is 0 Å². The highest BCUT2D eigenvalue weighted by molar-refractivity contribution is 9.10. The lowest BCUT2D eigenvalue weighted by Crippen LogP contribution is -2.20. The molecule has 0 radical (unpaired) electrons. The summed E-state index contributed by atoms with van der Waals surface area (Å²) in [5, 5.41) is 6.36. The van der Waals surface area contributed by atoms with Crippen molar-refractivity contribution in [1.29, 1.82) is 0 Å². The molecule has 0 aliphatic carbocycles. The van der Waals surface area contributed by atoms with E-state index < -0.39 is 0 Å². The van der Waals surface area contributed by atoms with Gasteiger partial charge in [0, 0.05) is 39.0 Å². The molecule has 1 aromatic carbocycles. The normalized spacial score (nSPS) is 10.9. The zero-order valence-corrected chi connectivity index (χ0v) is 15.5. The summed E-state index contributed by atoms with van der Waals surface area (Å²) in [6.45, 7) is 4.97. The fourth-order valence-corrected chi connectivity index (χ4v) is 3.87. The molecular weight excluding hydrogens is 368 g/mol. The summed E-state index contributed by atoms with van der Waals surface area (Å²) in [4.78, 5) is 3.59. The maximum absolute atomic E-state index is 6.18. The smallest absolute Gasteiger partial charge is 0.0520 e. The molecule has 1 heterocycles. The van der Waals surface area contributed by atoms with Gasteiger partial charge in [0.25, 0.3) is 0 Å². The van der Waals surface area contributed by atoms with Crippen molar-refractivity contribution in [2.24, 2.45) is 0 Å². The van der Waals surface area contributed by atoms with Crippen LogP contribution in [0.1, 0.15) is 23.8 Å². The third-order valence-corrected chi connectivity index (χ3v) is 5.13. The fourth-order valence-electron chi connectivity index (χ4n) is 2.20. The minimum atomic E-state index is 0.781. The van der Waals surface area contributed by atoms with Crippen molar-refractivity contribution in [3.8, 4) is 0 Å². The Morgan fingerprint density at radius 2 is 2.14 bits per heavy atom. The molecule has 21 heavy (non-hydrogen) atoms. The molecule has 114 valence electrons. The molecule has 2 aromatic rings. The predicted molar refractivity (Wildman–Crippen MR) is 97.6 cm³/mol. The molecular formula is C16H20BrClN2S. The lowest BCUT2D eigenvalue weighted by Gasteiger charge is -2.22. The summed E-state index contributed by atoms with van der Waals surface area (Å²) in [5.41, 5.74) is 2.47. The van der Waals surface area contributed by atoms with Crippen LogP contribution >= 0.6 is 38.9 Å². The van der Waals surface area contributed by atoms with E-state index in [0.29, 0.717) is 0 Å². The third-order valence-electron chi connectivity index (χ3n) is 3.22. The van der Waals surface area contributed by atoms with E-state index in [1.54, 1.807) is 11.3 Å². The van der Waals surface area contributed by atoms with Gasteiger partial charge in [-0.05, 0) is 52.7 Å². The fraction of sp³-hybridized carbons (Fsp3) is 0.375. The number of benzene rings is 1. The number of halogens is 2. The maximum atomic E-state index is 6.18. The summed E-state index contributed by atoms with van der Waals surface area (Å²) < 4.78 is 1.15. The van der Waals surface area contributed by atoms with Gasteiger partial charge in [-0.25, -0.2) is 0 Å². The van der Waals surface area contributed by atoms with E-state index in [1.807, 2.05) is 12.1 Å². The van der Waals surface area contributed by atoms with Crippen LogP contribution in [0.4, 0.5) is 5.69 Å². The minimum Gasteiger partial charge on any atom is -0.369 e. The molecule has 2 rings (SSSR count). The number of rotatable bonds is 7. The number of anilines is 1. The van der Waals surface area contributed by atoms with Gasteiger partial charge in [-0.3, -0.25) is 0 Å². The van der Waals surface area contributed by atoms with Gasteiger partial charge in [0.05, 0.1) is 6.54 Å². The number of hydrogen-bond acceptors (Lipinski definition) is 3. The molecule has 0 aliphatic heterocycles. The van der Waals surface area contributed by atoms with Crippen LogP contribution in [0.25, 0.3) is 0 Å². The van der Waals surface area contributed by atoms with E-state index in [2.05, 4.69) is 57.6 Å². The summed E-state index contributed by atoms with van der Waals surface area (Å²) in [6, 6.07) is 8.29. The molecule has 5 heteroatoms. The van der Waals surface area contributed by atoms with Crippen molar-refractivity contribution in [3.05, 3.63) is 49.6 Å². The molecule has 0 unspecified atom stereocenters. The van der Waals surface area contributed by atoms with E-state index in [9.17, 15) is 0 Å². The van der Waals surface area contributed by atoms with E-state index in [4.69, 9.17) is 11.6 Å². The lowest BCUT2D eigenvalue weighted by atomic mass is 10.1. The predicted octanol–water partition coefficient (Wildman–Crippen LogP) is 5.30. The first-order valence-corrected chi connectivity index (χ1v) is 9.08. The molecule has 0 amide bonds. The van der Waals surface area contributed by atoms with Gasteiger partial charge in [-0.1, -0.05) is 24.6 Å². The van der Waals surface area contributed by atoms with Crippen molar-refractivity contribution >= 4 is 44.6 Å². The van der Waals surface area contributed by atoms with Crippen molar-refractivity contribution in [3.63, 3.8) is 0 Å². The standard InChI is InChI=1S/C16H20BrClN2S/c1-3-6-19-9-12-4-5-14(18)8-16(12)20(2)10-15-7-13(17)11-21-15/h4-5,7-8,11,19H,3,6,9-10H2,1-2H3. The van der Waals surface area contributed by atoms with Crippen LogP contribution < -0.4 is 10.2 Å². The summed E-state index contributed by atoms with van der Waals surface area (Å²) in [5.74, 6) is 0. The summed E-state index contributed by atoms with van der Waals surface area (Å²) in [6.07, 6.45) is 1.14. The van der Waals surface area contributed by atoms with Gasteiger partial charge in [0.15, 0.2) is 0 Å². The molecule has 0 saturated heterocycles. The van der Waals surface area contributed by atoms with Gasteiger partial charge in [-0.2, -0.15) is 0 Å². The maximum Gasteiger partial charge on any atom is 0.0520 e. The Bertz CT molecular complexity index is 585. The second kappa shape index (κ2) is 8.18. The van der Waals surface area contributed by atoms with Crippen LogP contribution in [0.3, 0.4) is 0 Å². The van der Waals surface area contributed by atoms with E-state index in [1.165, 1.54) is 16.1 Å². The first kappa shape index (κ1) is 16.8. The van der Waals surface area contributed by atoms with E-state index in [-0.39, 0.29) is 0 Å². The zero-order valence-electron chi connectivity index (χ0n) is 12.3. The highest BCUT2D eigenvalue weighted by Crippen LogP contribution is 2.27.